The van der Waals surface area contributed by atoms with Gasteiger partial charge in [-0.1, -0.05) is 55.2 Å². The quantitative estimate of drug-likeness (QED) is 0.0653. The van der Waals surface area contributed by atoms with Gasteiger partial charge in [-0.15, -0.1) is 0 Å². The van der Waals surface area contributed by atoms with Crippen molar-refractivity contribution in [2.75, 3.05) is 26.0 Å². The van der Waals surface area contributed by atoms with Crippen molar-refractivity contribution in [2.45, 2.75) is 110 Å². The van der Waals surface area contributed by atoms with Gasteiger partial charge in [-0.3, -0.25) is 19.0 Å². The number of aromatic amines is 1. The molecule has 11 nitrogen and oxygen atoms in total. The second-order valence-corrected chi connectivity index (χ2v) is 17.3. The van der Waals surface area contributed by atoms with E-state index in [4.69, 9.17) is 9.26 Å². The van der Waals surface area contributed by atoms with Crippen LogP contribution in [0.4, 0.5) is 5.95 Å². The molecule has 2 aromatic heterocycles. The van der Waals surface area contributed by atoms with E-state index in [9.17, 15) is 10.1 Å². The van der Waals surface area contributed by atoms with Crippen molar-refractivity contribution in [2.24, 2.45) is 4.99 Å². The maximum Gasteiger partial charge on any atom is 0.280 e. The Labute approximate surface area is 271 Å². The van der Waals surface area contributed by atoms with Crippen molar-refractivity contribution in [1.82, 2.24) is 29.1 Å². The number of aromatic nitrogens is 4. The number of fused-ring (bicyclic) bond motifs is 1. The van der Waals surface area contributed by atoms with E-state index in [0.29, 0.717) is 36.2 Å². The first kappa shape index (κ1) is 36.3. The first-order valence-electron chi connectivity index (χ1n) is 15.0. The maximum absolute atomic E-state index is 13.1. The SMILES string of the molecule is CC[C@H]1O[C@@H](n2c(C#CCSSC(C)(C)C)nc3c(=O)[nH]c(N=CN(C)C)nc32)C[C@@H]1O[P@@](CCC#N)N(C(C)C)C(C)C. The molecule has 1 fully saturated rings. The Morgan fingerprint density at radius 2 is 1.98 bits per heavy atom. The molecule has 0 aromatic carbocycles. The molecule has 1 N–H and O–H groups in total. The Morgan fingerprint density at radius 1 is 1.27 bits per heavy atom. The summed E-state index contributed by atoms with van der Waals surface area (Å²) in [5.74, 6) is 7.61. The molecule has 0 spiro atoms. The van der Waals surface area contributed by atoms with Gasteiger partial charge in [0.1, 0.15) is 14.5 Å². The Balaban J connectivity index is 2.03. The Bertz CT molecular complexity index is 1430. The zero-order valence-electron chi connectivity index (χ0n) is 27.6. The molecule has 4 atom stereocenters. The summed E-state index contributed by atoms with van der Waals surface area (Å²) in [6.07, 6.45) is 3.07. The van der Waals surface area contributed by atoms with Gasteiger partial charge in [0.2, 0.25) is 5.95 Å². The number of rotatable bonds is 13. The highest BCUT2D eigenvalue weighted by Gasteiger charge is 2.41. The molecule has 242 valence electrons. The number of nitrogens with one attached hydrogen (secondary N) is 1. The van der Waals surface area contributed by atoms with E-state index in [2.05, 4.69) is 97.9 Å². The molecule has 0 amide bonds. The molecule has 1 aliphatic heterocycles. The first-order valence-corrected chi connectivity index (χ1v) is 18.7. The number of H-pyrrole nitrogens is 1. The van der Waals surface area contributed by atoms with Gasteiger partial charge >= 0.3 is 0 Å². The van der Waals surface area contributed by atoms with Crippen molar-refractivity contribution in [1.29, 1.82) is 5.26 Å². The second kappa shape index (κ2) is 16.4. The lowest BCUT2D eigenvalue weighted by atomic mass is 10.1. The number of hydrogen-bond acceptors (Lipinski definition) is 10. The summed E-state index contributed by atoms with van der Waals surface area (Å²) in [4.78, 5) is 31.3. The third-order valence-electron chi connectivity index (χ3n) is 6.45. The fourth-order valence-electron chi connectivity index (χ4n) is 4.88. The molecule has 0 unspecified atom stereocenters. The van der Waals surface area contributed by atoms with Gasteiger partial charge < -0.3 is 14.2 Å². The topological polar surface area (TPSA) is 125 Å². The number of nitriles is 1. The molecule has 0 radical (unpaired) electrons. The van der Waals surface area contributed by atoms with E-state index in [1.807, 2.05) is 18.7 Å². The predicted octanol–water partition coefficient (Wildman–Crippen LogP) is 6.30. The molecular formula is C30H47N8O3PS2. The molecule has 14 heteroatoms. The van der Waals surface area contributed by atoms with Crippen LogP contribution in [0.25, 0.3) is 11.2 Å². The summed E-state index contributed by atoms with van der Waals surface area (Å²) in [6.45, 7) is 17.2. The molecular weight excluding hydrogens is 615 g/mol. The summed E-state index contributed by atoms with van der Waals surface area (Å²) in [5, 5.41) is 9.38. The molecule has 0 saturated carbocycles. The van der Waals surface area contributed by atoms with E-state index in [0.717, 1.165) is 6.42 Å². The predicted molar refractivity (Wildman–Crippen MR) is 184 cm³/mol. The lowest BCUT2D eigenvalue weighted by Crippen LogP contribution is -2.35. The average Bonchev–Trinajstić information content (AvgIpc) is 3.50. The standard InChI is InChI=1S/C30H47N8O3PS2/c1-11-22-23(41-42(16-13-15-31)38(20(2)3)21(4)5)18-25(40-22)37-24(14-12-17-43-44-30(6,7)8)33-26-27(37)34-29(35-28(26)39)32-19-36(9)10/h19-23,25H,11,13,16-18H2,1-10H3,(H,34,35,39)/t22-,23+,25-,42+/m1/s1. The van der Waals surface area contributed by atoms with Crippen LogP contribution in [0.3, 0.4) is 0 Å². The van der Waals surface area contributed by atoms with E-state index in [-0.39, 0.29) is 46.1 Å². The van der Waals surface area contributed by atoms with E-state index >= 15 is 0 Å². The molecule has 3 heterocycles. The van der Waals surface area contributed by atoms with E-state index in [1.165, 1.54) is 0 Å². The van der Waals surface area contributed by atoms with Crippen molar-refractivity contribution < 1.29 is 9.26 Å². The maximum atomic E-state index is 13.1. The molecule has 0 aliphatic carbocycles. The van der Waals surface area contributed by atoms with Gasteiger partial charge in [-0.25, -0.2) is 9.98 Å². The molecule has 44 heavy (non-hydrogen) atoms. The smallest absolute Gasteiger partial charge is 0.280 e. The van der Waals surface area contributed by atoms with Gasteiger partial charge in [-0.2, -0.15) is 10.2 Å². The Morgan fingerprint density at radius 3 is 2.57 bits per heavy atom. The van der Waals surface area contributed by atoms with Crippen molar-refractivity contribution >= 4 is 53.3 Å². The highest BCUT2D eigenvalue weighted by atomic mass is 33.1. The number of nitrogens with zero attached hydrogens (tertiary/aromatic N) is 7. The zero-order valence-corrected chi connectivity index (χ0v) is 30.1. The minimum absolute atomic E-state index is 0.120. The highest BCUT2D eigenvalue weighted by Crippen LogP contribution is 2.50. The number of imidazole rings is 1. The van der Waals surface area contributed by atoms with E-state index in [1.54, 1.807) is 32.8 Å². The van der Waals surface area contributed by atoms with Crippen LogP contribution >= 0.6 is 29.9 Å². The first-order chi connectivity index (χ1) is 20.7. The third kappa shape index (κ3) is 9.94. The van der Waals surface area contributed by atoms with Crippen LogP contribution in [0.5, 0.6) is 0 Å². The summed E-state index contributed by atoms with van der Waals surface area (Å²) < 4.78 is 17.8. The van der Waals surface area contributed by atoms with Crippen LogP contribution < -0.4 is 5.56 Å². The van der Waals surface area contributed by atoms with Crippen LogP contribution in [0.2, 0.25) is 0 Å². The molecule has 0 bridgehead atoms. The molecule has 3 rings (SSSR count). The normalized spacial score (nSPS) is 19.7. The van der Waals surface area contributed by atoms with Gasteiger partial charge in [0.05, 0.1) is 30.4 Å². The van der Waals surface area contributed by atoms with Gasteiger partial charge in [0, 0.05) is 49.9 Å². The van der Waals surface area contributed by atoms with E-state index < -0.39 is 14.5 Å². The fraction of sp³-hybridized carbons (Fsp3) is 0.700. The fourth-order valence-corrected chi connectivity index (χ4v) is 9.14. The average molecular weight is 663 g/mol. The minimum Gasteiger partial charge on any atom is -0.369 e. The number of aliphatic imine (C=N–C) groups is 1. The summed E-state index contributed by atoms with van der Waals surface area (Å²) >= 11 is 0. The largest absolute Gasteiger partial charge is 0.369 e. The molecule has 1 saturated heterocycles. The van der Waals surface area contributed by atoms with Crippen molar-refractivity contribution in [3.63, 3.8) is 0 Å². The van der Waals surface area contributed by atoms with Crippen LogP contribution in [-0.2, 0) is 9.26 Å². The highest BCUT2D eigenvalue weighted by molar-refractivity contribution is 8.77. The second-order valence-electron chi connectivity index (χ2n) is 12.3. The zero-order chi connectivity index (χ0) is 32.6. The number of ether oxygens (including phenoxy) is 1. The van der Waals surface area contributed by atoms with Gasteiger partial charge in [0.15, 0.2) is 17.0 Å². The van der Waals surface area contributed by atoms with Crippen LogP contribution in [0.15, 0.2) is 9.79 Å². The number of hydrogen-bond donors (Lipinski definition) is 1. The summed E-state index contributed by atoms with van der Waals surface area (Å²) in [5.41, 5.74) is 0.180. The van der Waals surface area contributed by atoms with Crippen LogP contribution in [0, 0.1) is 23.2 Å². The summed E-state index contributed by atoms with van der Waals surface area (Å²) in [7, 11) is 6.11. The third-order valence-corrected chi connectivity index (χ3v) is 12.1. The lowest BCUT2D eigenvalue weighted by molar-refractivity contribution is -0.0144. The monoisotopic (exact) mass is 662 g/mol. The lowest BCUT2D eigenvalue weighted by Gasteiger charge is -2.38. The Kier molecular flexibility index (Phi) is 13.6. The van der Waals surface area contributed by atoms with Crippen molar-refractivity contribution in [3.8, 4) is 17.9 Å². The molecule has 2 aromatic rings. The van der Waals surface area contributed by atoms with Gasteiger partial charge in [0.25, 0.3) is 5.56 Å². The van der Waals surface area contributed by atoms with Gasteiger partial charge in [-0.05, 0) is 40.0 Å². The Hall–Kier alpha value is -2.12. The summed E-state index contributed by atoms with van der Waals surface area (Å²) in [6, 6.07) is 2.83. The van der Waals surface area contributed by atoms with Crippen molar-refractivity contribution in [3.05, 3.63) is 16.2 Å². The van der Waals surface area contributed by atoms with Crippen LogP contribution in [-0.4, -0.2) is 90.5 Å². The van der Waals surface area contributed by atoms with Crippen LogP contribution in [0.1, 0.15) is 86.7 Å². The molecule has 1 aliphatic rings. The minimum atomic E-state index is -1.04.